The Morgan fingerprint density at radius 3 is 1.93 bits per heavy atom. The molecule has 4 atom stereocenters. The number of nitrogens with two attached hydrogens (primary N) is 2. The average molecular weight is 452 g/mol. The second-order valence-electron chi connectivity index (χ2n) is 9.06. The molecule has 0 aromatic rings. The van der Waals surface area contributed by atoms with Gasteiger partial charge >= 0.3 is 6.09 Å². The standard InChI is InChI=1S/C13H23NO4.C7H14N2O2.ClH/c1-8(15)11(16)10(7-9-5-6-9)14-12(17)18-13(2,3)4;8-5(3-4-1-2-4)6(10)7(9)11;/h9-11,15-16H,1,5-7H2,2-4H3,(H,14,17);4-6,10H,1-3,8H2,(H2,9,11);1H. The van der Waals surface area contributed by atoms with Crippen molar-refractivity contribution >= 4 is 24.4 Å². The first-order valence-corrected chi connectivity index (χ1v) is 10.1. The molecule has 0 saturated heterocycles. The molecule has 0 radical (unpaired) electrons. The van der Waals surface area contributed by atoms with Crippen LogP contribution in [0.25, 0.3) is 0 Å². The number of halogens is 1. The van der Waals surface area contributed by atoms with Gasteiger partial charge in [-0.15, -0.1) is 12.4 Å². The van der Waals surface area contributed by atoms with Crippen molar-refractivity contribution in [3.63, 3.8) is 0 Å². The molecular weight excluding hydrogens is 414 g/mol. The number of amides is 2. The van der Waals surface area contributed by atoms with Crippen LogP contribution in [0.15, 0.2) is 12.3 Å². The van der Waals surface area contributed by atoms with E-state index in [1.54, 1.807) is 20.8 Å². The minimum Gasteiger partial charge on any atom is -0.510 e. The van der Waals surface area contributed by atoms with E-state index in [9.17, 15) is 19.8 Å². The topological polar surface area (TPSA) is 168 Å². The molecule has 10 heteroatoms. The molecule has 8 N–H and O–H groups in total. The van der Waals surface area contributed by atoms with Gasteiger partial charge in [0.15, 0.2) is 0 Å². The lowest BCUT2D eigenvalue weighted by atomic mass is 10.0. The molecule has 2 aliphatic rings. The third-order valence-electron chi connectivity index (χ3n) is 4.71. The summed E-state index contributed by atoms with van der Waals surface area (Å²) < 4.78 is 5.13. The molecule has 2 saturated carbocycles. The fourth-order valence-electron chi connectivity index (χ4n) is 2.75. The van der Waals surface area contributed by atoms with Crippen molar-refractivity contribution in [3.8, 4) is 0 Å². The lowest BCUT2D eigenvalue weighted by Gasteiger charge is -2.26. The molecule has 30 heavy (non-hydrogen) atoms. The normalized spacial score (nSPS) is 19.7. The van der Waals surface area contributed by atoms with Crippen LogP contribution in [-0.2, 0) is 9.53 Å². The molecule has 2 fully saturated rings. The van der Waals surface area contributed by atoms with Gasteiger partial charge in [-0.25, -0.2) is 4.79 Å². The van der Waals surface area contributed by atoms with Crippen LogP contribution in [0.2, 0.25) is 0 Å². The maximum Gasteiger partial charge on any atom is 0.407 e. The third kappa shape index (κ3) is 12.2. The Morgan fingerprint density at radius 1 is 1.10 bits per heavy atom. The van der Waals surface area contributed by atoms with Crippen LogP contribution >= 0.6 is 12.4 Å². The van der Waals surface area contributed by atoms with Crippen LogP contribution in [0.3, 0.4) is 0 Å². The van der Waals surface area contributed by atoms with Gasteiger partial charge in [0.1, 0.15) is 23.6 Å². The molecule has 0 aromatic carbocycles. The van der Waals surface area contributed by atoms with E-state index >= 15 is 0 Å². The summed E-state index contributed by atoms with van der Waals surface area (Å²) in [6.45, 7) is 8.60. The second kappa shape index (κ2) is 12.3. The fraction of sp³-hybridized carbons (Fsp3) is 0.800. The molecule has 4 unspecified atom stereocenters. The van der Waals surface area contributed by atoms with Crippen molar-refractivity contribution in [1.29, 1.82) is 0 Å². The highest BCUT2D eigenvalue weighted by molar-refractivity contribution is 5.85. The van der Waals surface area contributed by atoms with E-state index in [2.05, 4.69) is 11.9 Å². The molecule has 9 nitrogen and oxygen atoms in total. The van der Waals surface area contributed by atoms with Gasteiger partial charge < -0.3 is 36.8 Å². The van der Waals surface area contributed by atoms with E-state index in [1.165, 1.54) is 12.8 Å². The number of carbonyl (C=O) groups is 2. The van der Waals surface area contributed by atoms with Crippen LogP contribution < -0.4 is 16.8 Å². The van der Waals surface area contributed by atoms with Gasteiger partial charge in [0.2, 0.25) is 5.91 Å². The molecule has 0 aliphatic heterocycles. The Labute approximate surface area is 184 Å². The molecule has 0 heterocycles. The summed E-state index contributed by atoms with van der Waals surface area (Å²) >= 11 is 0. The zero-order valence-electron chi connectivity index (χ0n) is 18.0. The number of hydrogen-bond acceptors (Lipinski definition) is 7. The van der Waals surface area contributed by atoms with Gasteiger partial charge in [-0.1, -0.05) is 32.3 Å². The van der Waals surface area contributed by atoms with Crippen LogP contribution in [0, 0.1) is 11.8 Å². The van der Waals surface area contributed by atoms with Crippen LogP contribution in [0.1, 0.15) is 59.3 Å². The number of ether oxygens (including phenoxy) is 1. The molecule has 176 valence electrons. The average Bonchev–Trinajstić information content (AvgIpc) is 3.47. The van der Waals surface area contributed by atoms with Gasteiger partial charge in [-0.05, 0) is 45.4 Å². The van der Waals surface area contributed by atoms with Crippen molar-refractivity contribution in [2.75, 3.05) is 0 Å². The maximum absolute atomic E-state index is 11.6. The number of nitrogens with one attached hydrogen (secondary N) is 1. The van der Waals surface area contributed by atoms with E-state index in [0.717, 1.165) is 12.8 Å². The lowest BCUT2D eigenvalue weighted by Crippen LogP contribution is -2.46. The summed E-state index contributed by atoms with van der Waals surface area (Å²) in [5.74, 6) is 0.0489. The number of aliphatic hydroxyl groups is 3. The van der Waals surface area contributed by atoms with Gasteiger partial charge in [0, 0.05) is 6.04 Å². The summed E-state index contributed by atoms with van der Waals surface area (Å²) in [7, 11) is 0. The largest absolute Gasteiger partial charge is 0.510 e. The van der Waals surface area contributed by atoms with E-state index in [-0.39, 0.29) is 18.2 Å². The summed E-state index contributed by atoms with van der Waals surface area (Å²) in [6.07, 6.45) is 2.94. The van der Waals surface area contributed by atoms with E-state index in [1.807, 2.05) is 0 Å². The van der Waals surface area contributed by atoms with Crippen molar-refractivity contribution in [1.82, 2.24) is 5.32 Å². The fourth-order valence-corrected chi connectivity index (χ4v) is 2.75. The van der Waals surface area contributed by atoms with Crippen molar-refractivity contribution in [2.24, 2.45) is 23.3 Å². The first-order valence-electron chi connectivity index (χ1n) is 10.1. The highest BCUT2D eigenvalue weighted by Crippen LogP contribution is 2.34. The third-order valence-corrected chi connectivity index (χ3v) is 4.71. The quantitative estimate of drug-likeness (QED) is 0.288. The Hall–Kier alpha value is -1.55. The van der Waals surface area contributed by atoms with E-state index in [4.69, 9.17) is 21.3 Å². The SMILES string of the molecule is C=C(O)C(O)C(CC1CC1)NC(=O)OC(C)(C)C.Cl.NC(=O)C(O)C(N)CC1CC1. The minimum absolute atomic E-state index is 0. The van der Waals surface area contributed by atoms with Gasteiger partial charge in [0.05, 0.1) is 6.04 Å². The van der Waals surface area contributed by atoms with Gasteiger partial charge in [-0.3, -0.25) is 4.79 Å². The minimum atomic E-state index is -1.17. The van der Waals surface area contributed by atoms with Crippen molar-refractivity contribution in [3.05, 3.63) is 12.3 Å². The Bertz CT molecular complexity index is 575. The molecule has 0 spiro atoms. The predicted octanol–water partition coefficient (Wildman–Crippen LogP) is 1.49. The van der Waals surface area contributed by atoms with Crippen LogP contribution in [0.4, 0.5) is 4.79 Å². The molecule has 0 bridgehead atoms. The number of hydrogen-bond donors (Lipinski definition) is 6. The summed E-state index contributed by atoms with van der Waals surface area (Å²) in [5.41, 5.74) is 9.78. The number of aliphatic hydroxyl groups excluding tert-OH is 3. The van der Waals surface area contributed by atoms with Crippen molar-refractivity contribution < 1.29 is 29.6 Å². The first kappa shape index (κ1) is 28.5. The lowest BCUT2D eigenvalue weighted by molar-refractivity contribution is -0.127. The Balaban J connectivity index is 0.000000603. The molecule has 2 amide bonds. The Morgan fingerprint density at radius 2 is 1.57 bits per heavy atom. The first-order chi connectivity index (χ1) is 13.3. The summed E-state index contributed by atoms with van der Waals surface area (Å²) in [4.78, 5) is 22.1. The molecule has 0 aromatic heterocycles. The number of primary amides is 1. The van der Waals surface area contributed by atoms with Crippen LogP contribution in [0.5, 0.6) is 0 Å². The molecule has 2 aliphatic carbocycles. The van der Waals surface area contributed by atoms with Crippen LogP contribution in [-0.4, -0.2) is 57.2 Å². The summed E-state index contributed by atoms with van der Waals surface area (Å²) in [6, 6.07) is -1.02. The monoisotopic (exact) mass is 451 g/mol. The molecule has 2 rings (SSSR count). The Kier molecular flexibility index (Phi) is 11.7. The number of rotatable bonds is 9. The van der Waals surface area contributed by atoms with Crippen molar-refractivity contribution in [2.45, 2.75) is 89.2 Å². The van der Waals surface area contributed by atoms with Gasteiger partial charge in [-0.2, -0.15) is 0 Å². The highest BCUT2D eigenvalue weighted by atomic mass is 35.5. The van der Waals surface area contributed by atoms with E-state index in [0.29, 0.717) is 24.7 Å². The number of alkyl carbamates (subject to hydrolysis) is 1. The predicted molar refractivity (Wildman–Crippen MR) is 116 cm³/mol. The highest BCUT2D eigenvalue weighted by Gasteiger charge is 2.32. The number of carbonyl (C=O) groups excluding carboxylic acids is 2. The maximum atomic E-state index is 11.6. The van der Waals surface area contributed by atoms with E-state index < -0.39 is 41.9 Å². The molecular formula is C20H38ClN3O6. The summed E-state index contributed by atoms with van der Waals surface area (Å²) in [5, 5.41) is 30.7. The zero-order valence-corrected chi connectivity index (χ0v) is 18.9. The second-order valence-corrected chi connectivity index (χ2v) is 9.06. The van der Waals surface area contributed by atoms with Gasteiger partial charge in [0.25, 0.3) is 0 Å². The smallest absolute Gasteiger partial charge is 0.407 e. The zero-order chi connectivity index (χ0) is 22.4.